The minimum absolute atomic E-state index is 0.114. The van der Waals surface area contributed by atoms with Crippen LogP contribution in [0.4, 0.5) is 5.69 Å². The van der Waals surface area contributed by atoms with Gasteiger partial charge in [0.2, 0.25) is 5.91 Å². The van der Waals surface area contributed by atoms with Gasteiger partial charge in [0, 0.05) is 17.1 Å². The molecule has 0 bridgehead atoms. The van der Waals surface area contributed by atoms with Crippen LogP contribution in [0.5, 0.6) is 5.75 Å². The number of para-hydroxylation sites is 1. The van der Waals surface area contributed by atoms with E-state index in [1.807, 2.05) is 48.5 Å². The molecule has 4 rings (SSSR count). The molecule has 0 fully saturated rings. The first kappa shape index (κ1) is 18.3. The van der Waals surface area contributed by atoms with Gasteiger partial charge in [-0.2, -0.15) is 5.26 Å². The number of aromatic nitrogens is 1. The third-order valence-electron chi connectivity index (χ3n) is 4.36. The molecule has 0 aliphatic rings. The molecule has 0 aliphatic heterocycles. The van der Waals surface area contributed by atoms with Gasteiger partial charge in [0.05, 0.1) is 18.1 Å². The van der Waals surface area contributed by atoms with Gasteiger partial charge in [-0.3, -0.25) is 4.79 Å². The summed E-state index contributed by atoms with van der Waals surface area (Å²) in [4.78, 5) is 12.4. The van der Waals surface area contributed by atoms with Gasteiger partial charge in [-0.1, -0.05) is 35.5 Å². The lowest BCUT2D eigenvalue weighted by atomic mass is 10.1. The Balaban J connectivity index is 1.39. The standard InChI is InChI=1S/C23H17N3O3/c24-14-16-5-3-6-17(11-16)15-28-19-8-4-7-18(12-19)25-23(27)13-21-20-9-1-2-10-22(20)29-26-21/h1-12H,13,15H2,(H,25,27). The average Bonchev–Trinajstić information content (AvgIpc) is 3.15. The van der Waals surface area contributed by atoms with Gasteiger partial charge in [-0.15, -0.1) is 0 Å². The first-order valence-corrected chi connectivity index (χ1v) is 9.06. The van der Waals surface area contributed by atoms with Crippen LogP contribution in [0.25, 0.3) is 11.0 Å². The van der Waals surface area contributed by atoms with Gasteiger partial charge in [-0.05, 0) is 42.0 Å². The monoisotopic (exact) mass is 383 g/mol. The van der Waals surface area contributed by atoms with E-state index in [2.05, 4.69) is 16.5 Å². The third kappa shape index (κ3) is 4.42. The molecule has 0 saturated carbocycles. The summed E-state index contributed by atoms with van der Waals surface area (Å²) in [5, 5.41) is 16.7. The summed E-state index contributed by atoms with van der Waals surface area (Å²) in [5.41, 5.74) is 3.38. The van der Waals surface area contributed by atoms with E-state index >= 15 is 0 Å². The van der Waals surface area contributed by atoms with Crippen LogP contribution >= 0.6 is 0 Å². The summed E-state index contributed by atoms with van der Waals surface area (Å²) in [5.74, 6) is 0.431. The molecule has 6 nitrogen and oxygen atoms in total. The van der Waals surface area contributed by atoms with Crippen molar-refractivity contribution in [3.05, 3.63) is 89.6 Å². The number of carbonyl (C=O) groups excluding carboxylic acids is 1. The maximum absolute atomic E-state index is 12.4. The number of hydrogen-bond acceptors (Lipinski definition) is 5. The minimum atomic E-state index is -0.192. The fraction of sp³-hybridized carbons (Fsp3) is 0.0870. The fourth-order valence-corrected chi connectivity index (χ4v) is 2.98. The van der Waals surface area contributed by atoms with Gasteiger partial charge >= 0.3 is 0 Å². The van der Waals surface area contributed by atoms with E-state index in [1.165, 1.54) is 0 Å². The molecule has 0 unspecified atom stereocenters. The van der Waals surface area contributed by atoms with Crippen LogP contribution in [0.3, 0.4) is 0 Å². The van der Waals surface area contributed by atoms with Crippen LogP contribution < -0.4 is 10.1 Å². The largest absolute Gasteiger partial charge is 0.489 e. The second-order valence-electron chi connectivity index (χ2n) is 6.48. The second-order valence-corrected chi connectivity index (χ2v) is 6.48. The number of fused-ring (bicyclic) bond motifs is 1. The Hall–Kier alpha value is -4.11. The quantitative estimate of drug-likeness (QED) is 0.531. The van der Waals surface area contributed by atoms with Gasteiger partial charge in [0.15, 0.2) is 5.58 Å². The zero-order valence-corrected chi connectivity index (χ0v) is 15.5. The predicted octanol–water partition coefficient (Wildman–Crippen LogP) is 4.46. The summed E-state index contributed by atoms with van der Waals surface area (Å²) in [7, 11) is 0. The highest BCUT2D eigenvalue weighted by atomic mass is 16.5. The highest BCUT2D eigenvalue weighted by Gasteiger charge is 2.12. The molecule has 0 aliphatic carbocycles. The molecule has 3 aromatic carbocycles. The Morgan fingerprint density at radius 2 is 1.93 bits per heavy atom. The van der Waals surface area contributed by atoms with Crippen molar-refractivity contribution in [3.8, 4) is 11.8 Å². The van der Waals surface area contributed by atoms with Gasteiger partial charge in [0.25, 0.3) is 0 Å². The lowest BCUT2D eigenvalue weighted by molar-refractivity contribution is -0.115. The van der Waals surface area contributed by atoms with Crippen molar-refractivity contribution in [1.82, 2.24) is 5.16 Å². The molecule has 142 valence electrons. The number of benzene rings is 3. The number of anilines is 1. The number of ether oxygens (including phenoxy) is 1. The topological polar surface area (TPSA) is 88.1 Å². The van der Waals surface area contributed by atoms with Crippen molar-refractivity contribution in [2.45, 2.75) is 13.0 Å². The zero-order chi connectivity index (χ0) is 20.1. The van der Waals surface area contributed by atoms with Crippen molar-refractivity contribution in [3.63, 3.8) is 0 Å². The Bertz CT molecular complexity index is 1210. The van der Waals surface area contributed by atoms with Gasteiger partial charge in [0.1, 0.15) is 18.1 Å². The number of nitriles is 1. The molecular weight excluding hydrogens is 366 g/mol. The van der Waals surface area contributed by atoms with Crippen molar-refractivity contribution < 1.29 is 14.1 Å². The molecule has 0 atom stereocenters. The zero-order valence-electron chi connectivity index (χ0n) is 15.5. The number of nitrogens with zero attached hydrogens (tertiary/aromatic N) is 2. The number of nitrogens with one attached hydrogen (secondary N) is 1. The van der Waals surface area contributed by atoms with Gasteiger partial charge in [-0.25, -0.2) is 0 Å². The Morgan fingerprint density at radius 3 is 2.83 bits per heavy atom. The van der Waals surface area contributed by atoms with Crippen LogP contribution in [0, 0.1) is 11.3 Å². The van der Waals surface area contributed by atoms with Crippen LogP contribution in [0.2, 0.25) is 0 Å². The molecule has 1 aromatic heterocycles. The first-order valence-electron chi connectivity index (χ1n) is 9.06. The highest BCUT2D eigenvalue weighted by molar-refractivity contribution is 5.94. The second kappa shape index (κ2) is 8.28. The van der Waals surface area contributed by atoms with E-state index in [-0.39, 0.29) is 12.3 Å². The van der Waals surface area contributed by atoms with E-state index in [4.69, 9.17) is 14.5 Å². The lowest BCUT2D eigenvalue weighted by Gasteiger charge is -2.09. The maximum atomic E-state index is 12.4. The van der Waals surface area contributed by atoms with Crippen molar-refractivity contribution in [2.24, 2.45) is 0 Å². The lowest BCUT2D eigenvalue weighted by Crippen LogP contribution is -2.14. The number of amides is 1. The molecule has 1 amide bonds. The molecular formula is C23H17N3O3. The van der Waals surface area contributed by atoms with Crippen LogP contribution in [0.15, 0.2) is 77.3 Å². The summed E-state index contributed by atoms with van der Waals surface area (Å²) in [6, 6.07) is 24.0. The van der Waals surface area contributed by atoms with Crippen LogP contribution in [-0.4, -0.2) is 11.1 Å². The fourth-order valence-electron chi connectivity index (χ4n) is 2.98. The molecule has 6 heteroatoms. The van der Waals surface area contributed by atoms with E-state index in [0.29, 0.717) is 34.9 Å². The Morgan fingerprint density at radius 1 is 1.07 bits per heavy atom. The van der Waals surface area contributed by atoms with Crippen LogP contribution in [0.1, 0.15) is 16.8 Å². The van der Waals surface area contributed by atoms with Crippen molar-refractivity contribution in [1.29, 1.82) is 5.26 Å². The van der Waals surface area contributed by atoms with E-state index in [0.717, 1.165) is 10.9 Å². The summed E-state index contributed by atoms with van der Waals surface area (Å²) in [6.07, 6.45) is 0.114. The summed E-state index contributed by atoms with van der Waals surface area (Å²) in [6.45, 7) is 0.331. The normalized spacial score (nSPS) is 10.4. The number of carbonyl (C=O) groups is 1. The SMILES string of the molecule is N#Cc1cccc(COc2cccc(NC(=O)Cc3noc4ccccc34)c2)c1. The summed E-state index contributed by atoms with van der Waals surface area (Å²) >= 11 is 0. The van der Waals surface area contributed by atoms with E-state index < -0.39 is 0 Å². The van der Waals surface area contributed by atoms with Crippen molar-refractivity contribution in [2.75, 3.05) is 5.32 Å². The van der Waals surface area contributed by atoms with E-state index in [9.17, 15) is 4.79 Å². The molecule has 0 radical (unpaired) electrons. The molecule has 4 aromatic rings. The molecule has 1 heterocycles. The molecule has 29 heavy (non-hydrogen) atoms. The molecule has 0 saturated heterocycles. The first-order chi connectivity index (χ1) is 14.2. The Kier molecular flexibility index (Phi) is 5.21. The molecule has 0 spiro atoms. The Labute approximate surface area is 167 Å². The predicted molar refractivity (Wildman–Crippen MR) is 108 cm³/mol. The maximum Gasteiger partial charge on any atom is 0.230 e. The smallest absolute Gasteiger partial charge is 0.230 e. The van der Waals surface area contributed by atoms with E-state index in [1.54, 1.807) is 24.3 Å². The number of hydrogen-bond donors (Lipinski definition) is 1. The summed E-state index contributed by atoms with van der Waals surface area (Å²) < 4.78 is 11.0. The average molecular weight is 383 g/mol. The highest BCUT2D eigenvalue weighted by Crippen LogP contribution is 2.21. The number of rotatable bonds is 6. The van der Waals surface area contributed by atoms with Crippen LogP contribution in [-0.2, 0) is 17.8 Å². The minimum Gasteiger partial charge on any atom is -0.489 e. The van der Waals surface area contributed by atoms with Gasteiger partial charge < -0.3 is 14.6 Å². The molecule has 1 N–H and O–H groups in total. The third-order valence-corrected chi connectivity index (χ3v) is 4.36. The van der Waals surface area contributed by atoms with Crippen molar-refractivity contribution >= 4 is 22.6 Å².